The van der Waals surface area contributed by atoms with E-state index in [-0.39, 0.29) is 5.56 Å². The van der Waals surface area contributed by atoms with Gasteiger partial charge in [-0.15, -0.1) is 0 Å². The van der Waals surface area contributed by atoms with Crippen LogP contribution in [0.3, 0.4) is 0 Å². The zero-order valence-electron chi connectivity index (χ0n) is 22.6. The van der Waals surface area contributed by atoms with Crippen molar-refractivity contribution in [1.82, 2.24) is 15.2 Å². The Labute approximate surface area is 233 Å². The van der Waals surface area contributed by atoms with Crippen molar-refractivity contribution in [3.05, 3.63) is 93.8 Å². The Kier molecular flexibility index (Phi) is 9.27. The fourth-order valence-electron chi connectivity index (χ4n) is 4.29. The van der Waals surface area contributed by atoms with Crippen LogP contribution in [-0.2, 0) is 19.5 Å². The molecule has 4 aromatic rings. The van der Waals surface area contributed by atoms with Gasteiger partial charge in [0.2, 0.25) is 0 Å². The van der Waals surface area contributed by atoms with E-state index in [0.29, 0.717) is 41.8 Å². The van der Waals surface area contributed by atoms with Gasteiger partial charge in [-0.2, -0.15) is 0 Å². The van der Waals surface area contributed by atoms with Crippen molar-refractivity contribution in [1.29, 1.82) is 0 Å². The summed E-state index contributed by atoms with van der Waals surface area (Å²) in [5.41, 5.74) is 3.33. The number of thiocarbonyl (C=S) groups is 1. The van der Waals surface area contributed by atoms with E-state index in [1.807, 2.05) is 71.6 Å². The highest BCUT2D eigenvalue weighted by Crippen LogP contribution is 2.27. The molecule has 39 heavy (non-hydrogen) atoms. The maximum Gasteiger partial charge on any atom is 0.253 e. The fraction of sp³-hybridized carbons (Fsp3) is 0.267. The summed E-state index contributed by atoms with van der Waals surface area (Å²) in [6.45, 7) is 1.46. The molecule has 3 aromatic carbocycles. The third-order valence-corrected chi connectivity index (χ3v) is 6.85. The number of fused-ring (bicyclic) bond motifs is 1. The molecule has 0 radical (unpaired) electrons. The van der Waals surface area contributed by atoms with Gasteiger partial charge in [-0.1, -0.05) is 18.2 Å². The molecule has 0 saturated carbocycles. The smallest absolute Gasteiger partial charge is 0.253 e. The van der Waals surface area contributed by atoms with Crippen molar-refractivity contribution < 1.29 is 18.9 Å². The number of aromatic amines is 1. The molecule has 0 aliphatic carbocycles. The number of benzene rings is 3. The molecule has 0 amide bonds. The number of methoxy groups -OCH3 is 4. The monoisotopic (exact) mass is 547 g/mol. The topological polar surface area (TPSA) is 85.1 Å². The Hall–Kier alpha value is -4.24. The molecule has 0 aliphatic heterocycles. The highest BCUT2D eigenvalue weighted by atomic mass is 32.1. The number of rotatable bonds is 11. The van der Waals surface area contributed by atoms with Crippen molar-refractivity contribution in [2.45, 2.75) is 19.5 Å². The maximum atomic E-state index is 13.0. The summed E-state index contributed by atoms with van der Waals surface area (Å²) in [6.07, 6.45) is 0.729. The molecule has 4 rings (SSSR count). The second-order valence-electron chi connectivity index (χ2n) is 8.95. The van der Waals surface area contributed by atoms with Gasteiger partial charge in [-0.05, 0) is 78.3 Å². The SMILES string of the molecule is COc1ccc(CN(Cc2cc3cc(OC)ccc3[nH]c2=O)C(=S)NCCc2ccc(OC)c(OC)c2)cc1. The first-order chi connectivity index (χ1) is 18.9. The highest BCUT2D eigenvalue weighted by Gasteiger charge is 2.15. The van der Waals surface area contributed by atoms with Gasteiger partial charge >= 0.3 is 0 Å². The summed E-state index contributed by atoms with van der Waals surface area (Å²) in [6, 6.07) is 21.1. The molecular formula is C30H33N3O5S. The number of hydrogen-bond acceptors (Lipinski definition) is 6. The molecule has 0 aliphatic rings. The van der Waals surface area contributed by atoms with Crippen LogP contribution >= 0.6 is 12.2 Å². The largest absolute Gasteiger partial charge is 0.497 e. The van der Waals surface area contributed by atoms with Gasteiger partial charge in [-0.25, -0.2) is 0 Å². The second kappa shape index (κ2) is 13.0. The lowest BCUT2D eigenvalue weighted by atomic mass is 10.1. The molecule has 0 spiro atoms. The Balaban J connectivity index is 1.53. The Morgan fingerprint density at radius 2 is 1.49 bits per heavy atom. The Morgan fingerprint density at radius 3 is 2.18 bits per heavy atom. The highest BCUT2D eigenvalue weighted by molar-refractivity contribution is 7.80. The first kappa shape index (κ1) is 27.8. The third kappa shape index (κ3) is 7.00. The lowest BCUT2D eigenvalue weighted by Gasteiger charge is -2.26. The molecule has 0 unspecified atom stereocenters. The van der Waals surface area contributed by atoms with Crippen molar-refractivity contribution in [3.8, 4) is 23.0 Å². The van der Waals surface area contributed by atoms with Crippen LogP contribution in [0, 0.1) is 0 Å². The molecule has 0 atom stereocenters. The van der Waals surface area contributed by atoms with Gasteiger partial charge < -0.3 is 34.1 Å². The van der Waals surface area contributed by atoms with Crippen LogP contribution < -0.4 is 29.8 Å². The van der Waals surface area contributed by atoms with Gasteiger partial charge in [0.05, 0.1) is 35.0 Å². The Morgan fingerprint density at radius 1 is 0.795 bits per heavy atom. The van der Waals surface area contributed by atoms with Crippen LogP contribution in [0.15, 0.2) is 71.5 Å². The van der Waals surface area contributed by atoms with Crippen molar-refractivity contribution >= 4 is 28.2 Å². The van der Waals surface area contributed by atoms with E-state index in [2.05, 4.69) is 10.3 Å². The summed E-state index contributed by atoms with van der Waals surface area (Å²) in [5, 5.41) is 4.81. The molecule has 1 aromatic heterocycles. The lowest BCUT2D eigenvalue weighted by Crippen LogP contribution is -2.40. The van der Waals surface area contributed by atoms with E-state index in [4.69, 9.17) is 31.2 Å². The minimum absolute atomic E-state index is 0.152. The normalized spacial score (nSPS) is 10.7. The summed E-state index contributed by atoms with van der Waals surface area (Å²) in [7, 11) is 6.50. The van der Waals surface area contributed by atoms with Crippen LogP contribution in [0.2, 0.25) is 0 Å². The molecule has 8 nitrogen and oxygen atoms in total. The zero-order valence-corrected chi connectivity index (χ0v) is 23.4. The van der Waals surface area contributed by atoms with E-state index in [9.17, 15) is 4.79 Å². The first-order valence-corrected chi connectivity index (χ1v) is 12.9. The van der Waals surface area contributed by atoms with Crippen molar-refractivity contribution in [3.63, 3.8) is 0 Å². The first-order valence-electron chi connectivity index (χ1n) is 12.5. The summed E-state index contributed by atoms with van der Waals surface area (Å²) < 4.78 is 21.4. The number of nitrogens with zero attached hydrogens (tertiary/aromatic N) is 1. The van der Waals surface area contributed by atoms with Crippen LogP contribution in [0.25, 0.3) is 10.9 Å². The zero-order chi connectivity index (χ0) is 27.8. The number of H-pyrrole nitrogens is 1. The molecule has 0 bridgehead atoms. The minimum atomic E-state index is -0.152. The van der Waals surface area contributed by atoms with E-state index < -0.39 is 0 Å². The van der Waals surface area contributed by atoms with Gasteiger partial charge in [0.1, 0.15) is 11.5 Å². The minimum Gasteiger partial charge on any atom is -0.497 e. The molecule has 0 saturated heterocycles. The van der Waals surface area contributed by atoms with Crippen molar-refractivity contribution in [2.24, 2.45) is 0 Å². The molecule has 204 valence electrons. The van der Waals surface area contributed by atoms with E-state index >= 15 is 0 Å². The van der Waals surface area contributed by atoms with Gasteiger partial charge in [0, 0.05) is 29.6 Å². The standard InChI is InChI=1S/C30H33N3O5S/c1-35-24-8-5-21(6-9-24)18-33(19-23-16-22-17-25(36-2)10-11-26(22)32-29(23)34)30(39)31-14-13-20-7-12-27(37-3)28(15-20)38-4/h5-12,15-17H,13-14,18-19H2,1-4H3,(H,31,39)(H,32,34). The molecule has 2 N–H and O–H groups in total. The number of aromatic nitrogens is 1. The van der Waals surface area contributed by atoms with Crippen molar-refractivity contribution in [2.75, 3.05) is 35.0 Å². The quantitative estimate of drug-likeness (QED) is 0.262. The summed E-state index contributed by atoms with van der Waals surface area (Å²) in [5.74, 6) is 2.88. The third-order valence-electron chi connectivity index (χ3n) is 6.45. The summed E-state index contributed by atoms with van der Waals surface area (Å²) >= 11 is 5.82. The number of hydrogen-bond donors (Lipinski definition) is 2. The maximum absolute atomic E-state index is 13.0. The predicted octanol–water partition coefficient (Wildman–Crippen LogP) is 4.68. The van der Waals surface area contributed by atoms with E-state index in [0.717, 1.165) is 39.9 Å². The summed E-state index contributed by atoms with van der Waals surface area (Å²) in [4.78, 5) is 17.9. The number of ether oxygens (including phenoxy) is 4. The van der Waals surface area contributed by atoms with Gasteiger partial charge in [-0.3, -0.25) is 4.79 Å². The van der Waals surface area contributed by atoms with E-state index in [1.165, 1.54) is 0 Å². The Bertz CT molecular complexity index is 1490. The van der Waals surface area contributed by atoms with Crippen LogP contribution in [0.1, 0.15) is 16.7 Å². The van der Waals surface area contributed by atoms with Gasteiger partial charge in [0.25, 0.3) is 5.56 Å². The molecule has 0 fully saturated rings. The molecule has 9 heteroatoms. The van der Waals surface area contributed by atoms with E-state index in [1.54, 1.807) is 28.4 Å². The number of nitrogens with one attached hydrogen (secondary N) is 2. The predicted molar refractivity (Wildman–Crippen MR) is 157 cm³/mol. The molecule has 1 heterocycles. The second-order valence-corrected chi connectivity index (χ2v) is 9.34. The van der Waals surface area contributed by atoms with Crippen LogP contribution in [0.4, 0.5) is 0 Å². The average Bonchev–Trinajstić information content (AvgIpc) is 2.97. The lowest BCUT2D eigenvalue weighted by molar-refractivity contribution is 0.354. The number of pyridine rings is 1. The van der Waals surface area contributed by atoms with Crippen LogP contribution in [-0.4, -0.2) is 50.0 Å². The average molecular weight is 548 g/mol. The molecular weight excluding hydrogens is 514 g/mol. The van der Waals surface area contributed by atoms with Gasteiger partial charge in [0.15, 0.2) is 16.6 Å². The van der Waals surface area contributed by atoms with Crippen LogP contribution in [0.5, 0.6) is 23.0 Å². The fourth-order valence-corrected chi connectivity index (χ4v) is 4.52.